The molecule has 0 aliphatic carbocycles. The van der Waals surface area contributed by atoms with Crippen LogP contribution in [0.1, 0.15) is 24.0 Å². The molecule has 2 aliphatic heterocycles. The van der Waals surface area contributed by atoms with Crippen molar-refractivity contribution in [3.63, 3.8) is 0 Å². The molecule has 5 rings (SSSR count). The minimum Gasteiger partial charge on any atom is -0.454 e. The highest BCUT2D eigenvalue weighted by Crippen LogP contribution is 2.32. The third-order valence-corrected chi connectivity index (χ3v) is 5.75. The van der Waals surface area contributed by atoms with Crippen molar-refractivity contribution in [3.8, 4) is 23.0 Å². The molecule has 0 bridgehead atoms. The molecule has 0 atom stereocenters. The highest BCUT2D eigenvalue weighted by atomic mass is 16.7. The Morgan fingerprint density at radius 2 is 1.84 bits per heavy atom. The summed E-state index contributed by atoms with van der Waals surface area (Å²) in [6.45, 7) is 4.17. The van der Waals surface area contributed by atoms with Crippen LogP contribution in [-0.4, -0.2) is 36.0 Å². The first-order valence-electron chi connectivity index (χ1n) is 10.5. The van der Waals surface area contributed by atoms with Crippen LogP contribution in [0.4, 0.5) is 6.01 Å². The van der Waals surface area contributed by atoms with Crippen LogP contribution in [0.3, 0.4) is 0 Å². The lowest BCUT2D eigenvalue weighted by atomic mass is 9.96. The molecular weight excluding hydrogens is 396 g/mol. The molecule has 8 heteroatoms. The SMILES string of the molecule is Cc1ccc(-c2nnc(N3CCC(C(=O)NCc4ccc5c(c4)OCO5)CC3)o2)cc1. The number of fused-ring (bicyclic) bond motifs is 1. The number of aryl methyl sites for hydroxylation is 1. The first-order valence-corrected chi connectivity index (χ1v) is 10.5. The van der Waals surface area contributed by atoms with Gasteiger partial charge in [-0.2, -0.15) is 0 Å². The summed E-state index contributed by atoms with van der Waals surface area (Å²) in [6.07, 6.45) is 1.49. The van der Waals surface area contributed by atoms with Crippen molar-refractivity contribution in [2.24, 2.45) is 5.92 Å². The van der Waals surface area contributed by atoms with Crippen LogP contribution < -0.4 is 19.7 Å². The van der Waals surface area contributed by atoms with E-state index in [0.29, 0.717) is 31.5 Å². The normalized spacial score (nSPS) is 15.8. The molecule has 0 unspecified atom stereocenters. The summed E-state index contributed by atoms with van der Waals surface area (Å²) >= 11 is 0. The number of ether oxygens (including phenoxy) is 2. The highest BCUT2D eigenvalue weighted by Gasteiger charge is 2.27. The molecule has 31 heavy (non-hydrogen) atoms. The van der Waals surface area contributed by atoms with Gasteiger partial charge < -0.3 is 24.1 Å². The maximum absolute atomic E-state index is 12.6. The van der Waals surface area contributed by atoms with E-state index in [4.69, 9.17) is 13.9 Å². The second-order valence-electron chi connectivity index (χ2n) is 7.92. The Bertz CT molecular complexity index is 1070. The van der Waals surface area contributed by atoms with Gasteiger partial charge in [0.2, 0.25) is 18.6 Å². The molecule has 0 radical (unpaired) electrons. The molecule has 160 valence electrons. The molecular formula is C23H24N4O4. The van der Waals surface area contributed by atoms with Gasteiger partial charge in [0.05, 0.1) is 0 Å². The minimum absolute atomic E-state index is 0.0234. The van der Waals surface area contributed by atoms with E-state index in [1.54, 1.807) is 0 Å². The lowest BCUT2D eigenvalue weighted by Crippen LogP contribution is -2.40. The lowest BCUT2D eigenvalue weighted by molar-refractivity contribution is -0.125. The Morgan fingerprint density at radius 1 is 1.06 bits per heavy atom. The molecule has 8 nitrogen and oxygen atoms in total. The van der Waals surface area contributed by atoms with E-state index >= 15 is 0 Å². The van der Waals surface area contributed by atoms with E-state index in [0.717, 1.165) is 35.5 Å². The van der Waals surface area contributed by atoms with Crippen LogP contribution in [0, 0.1) is 12.8 Å². The molecule has 1 aromatic heterocycles. The number of nitrogens with one attached hydrogen (secondary N) is 1. The summed E-state index contributed by atoms with van der Waals surface area (Å²) < 4.78 is 16.6. The number of hydrogen-bond acceptors (Lipinski definition) is 7. The third kappa shape index (κ3) is 4.19. The summed E-state index contributed by atoms with van der Waals surface area (Å²) in [7, 11) is 0. The number of anilines is 1. The van der Waals surface area contributed by atoms with Gasteiger partial charge in [-0.3, -0.25) is 4.79 Å². The summed E-state index contributed by atoms with van der Waals surface area (Å²) in [5, 5.41) is 11.4. The van der Waals surface area contributed by atoms with Crippen molar-refractivity contribution in [2.45, 2.75) is 26.3 Å². The van der Waals surface area contributed by atoms with E-state index in [9.17, 15) is 4.79 Å². The predicted octanol–water partition coefficient (Wildman–Crippen LogP) is 3.31. The van der Waals surface area contributed by atoms with E-state index < -0.39 is 0 Å². The fourth-order valence-electron chi connectivity index (χ4n) is 3.87. The molecule has 2 aliphatic rings. The summed E-state index contributed by atoms with van der Waals surface area (Å²) in [5.41, 5.74) is 3.08. The van der Waals surface area contributed by atoms with Gasteiger partial charge in [-0.1, -0.05) is 28.9 Å². The summed E-state index contributed by atoms with van der Waals surface area (Å²) in [5.74, 6) is 2.03. The second kappa shape index (κ2) is 8.29. The van der Waals surface area contributed by atoms with Crippen LogP contribution in [0.5, 0.6) is 11.5 Å². The Balaban J connectivity index is 1.13. The fourth-order valence-corrected chi connectivity index (χ4v) is 3.87. The number of nitrogens with zero attached hydrogens (tertiary/aromatic N) is 3. The van der Waals surface area contributed by atoms with Gasteiger partial charge in [0.1, 0.15) is 0 Å². The van der Waals surface area contributed by atoms with Gasteiger partial charge in [0.25, 0.3) is 0 Å². The lowest BCUT2D eigenvalue weighted by Gasteiger charge is -2.29. The van der Waals surface area contributed by atoms with Crippen molar-refractivity contribution in [2.75, 3.05) is 24.8 Å². The number of carbonyl (C=O) groups excluding carboxylic acids is 1. The maximum atomic E-state index is 12.6. The number of benzene rings is 2. The van der Waals surface area contributed by atoms with Gasteiger partial charge in [-0.25, -0.2) is 0 Å². The summed E-state index contributed by atoms with van der Waals surface area (Å²) in [6, 6.07) is 14.2. The van der Waals surface area contributed by atoms with Gasteiger partial charge >= 0.3 is 6.01 Å². The number of rotatable bonds is 5. The first kappa shape index (κ1) is 19.4. The molecule has 3 aromatic rings. The number of amides is 1. The number of carbonyl (C=O) groups is 1. The summed E-state index contributed by atoms with van der Waals surface area (Å²) in [4.78, 5) is 14.7. The average molecular weight is 420 g/mol. The van der Waals surface area contributed by atoms with Gasteiger partial charge in [0, 0.05) is 31.1 Å². The number of piperidine rings is 1. The quantitative estimate of drug-likeness (QED) is 0.677. The predicted molar refractivity (Wildman–Crippen MR) is 114 cm³/mol. The van der Waals surface area contributed by atoms with Crippen LogP contribution in [0.25, 0.3) is 11.5 Å². The zero-order valence-electron chi connectivity index (χ0n) is 17.3. The molecule has 0 saturated carbocycles. The van der Waals surface area contributed by atoms with Crippen LogP contribution in [0.2, 0.25) is 0 Å². The Kier molecular flexibility index (Phi) is 5.19. The topological polar surface area (TPSA) is 89.7 Å². The molecule has 1 N–H and O–H groups in total. The maximum Gasteiger partial charge on any atom is 0.318 e. The molecule has 3 heterocycles. The zero-order valence-corrected chi connectivity index (χ0v) is 17.3. The molecule has 0 spiro atoms. The molecule has 1 saturated heterocycles. The molecule has 1 fully saturated rings. The molecule has 1 amide bonds. The second-order valence-corrected chi connectivity index (χ2v) is 7.92. The van der Waals surface area contributed by atoms with Gasteiger partial charge in [-0.05, 0) is 49.6 Å². The van der Waals surface area contributed by atoms with Crippen molar-refractivity contribution in [1.82, 2.24) is 15.5 Å². The Morgan fingerprint density at radius 3 is 2.65 bits per heavy atom. The van der Waals surface area contributed by atoms with Crippen LogP contribution in [-0.2, 0) is 11.3 Å². The van der Waals surface area contributed by atoms with Gasteiger partial charge in [-0.15, -0.1) is 5.10 Å². The van der Waals surface area contributed by atoms with Gasteiger partial charge in [0.15, 0.2) is 11.5 Å². The Labute approximate surface area is 180 Å². The van der Waals surface area contributed by atoms with E-state index in [2.05, 4.69) is 15.5 Å². The van der Waals surface area contributed by atoms with E-state index in [-0.39, 0.29) is 18.6 Å². The number of hydrogen-bond donors (Lipinski definition) is 1. The van der Waals surface area contributed by atoms with Crippen molar-refractivity contribution < 1.29 is 18.7 Å². The monoisotopic (exact) mass is 420 g/mol. The van der Waals surface area contributed by atoms with Crippen molar-refractivity contribution >= 4 is 11.9 Å². The van der Waals surface area contributed by atoms with Crippen LogP contribution >= 0.6 is 0 Å². The fraction of sp³-hybridized carbons (Fsp3) is 0.348. The standard InChI is InChI=1S/C23H24N4O4/c1-15-2-5-18(6-3-15)22-25-26-23(31-22)27-10-8-17(9-11-27)21(28)24-13-16-4-7-19-20(12-16)30-14-29-19/h2-7,12,17H,8-11,13-14H2,1H3,(H,24,28). The first-order chi connectivity index (χ1) is 15.2. The van der Waals surface area contributed by atoms with E-state index in [1.165, 1.54) is 5.56 Å². The van der Waals surface area contributed by atoms with Crippen molar-refractivity contribution in [1.29, 1.82) is 0 Å². The smallest absolute Gasteiger partial charge is 0.318 e. The van der Waals surface area contributed by atoms with Crippen LogP contribution in [0.15, 0.2) is 46.9 Å². The largest absolute Gasteiger partial charge is 0.454 e. The highest BCUT2D eigenvalue weighted by molar-refractivity contribution is 5.79. The minimum atomic E-state index is -0.0234. The number of aromatic nitrogens is 2. The van der Waals surface area contributed by atoms with E-state index in [1.807, 2.05) is 54.3 Å². The zero-order chi connectivity index (χ0) is 21.2. The molecule has 2 aromatic carbocycles. The average Bonchev–Trinajstić information content (AvgIpc) is 3.47. The van der Waals surface area contributed by atoms with Crippen molar-refractivity contribution in [3.05, 3.63) is 53.6 Å². The Hall–Kier alpha value is -3.55. The third-order valence-electron chi connectivity index (χ3n) is 5.75.